The summed E-state index contributed by atoms with van der Waals surface area (Å²) >= 11 is 0. The van der Waals surface area contributed by atoms with Gasteiger partial charge >= 0.3 is 0 Å². The lowest BCUT2D eigenvalue weighted by atomic mass is 9.78. The number of rotatable bonds is 2. The summed E-state index contributed by atoms with van der Waals surface area (Å²) in [6, 6.07) is 8.86. The number of carbonyl (C=O) groups excluding carboxylic acids is 1. The standard InChI is InChI=1S/C22H22N6O2/c29-20-5-3-4-17-15-12-16(21(28(17)20)22(30)25-9-1-2-10-25)14-26(13-15)19-7-6-18-23-8-11-27(18)24-19/h1-8,11,15-16,21H,9-10,12-14H2/t15-,16+,21-/m1/s1. The SMILES string of the molecule is O=C([C@H]1[C@H]2C[C@H](CN(c3ccc4nccn4n3)C2)c2cccc(=O)n21)N1CC=CC1. The van der Waals surface area contributed by atoms with Crippen molar-refractivity contribution in [3.8, 4) is 0 Å². The molecule has 0 radical (unpaired) electrons. The van der Waals surface area contributed by atoms with Crippen molar-refractivity contribution in [2.24, 2.45) is 5.92 Å². The van der Waals surface area contributed by atoms with Crippen LogP contribution in [0, 0.1) is 5.92 Å². The van der Waals surface area contributed by atoms with Crippen molar-refractivity contribution in [2.75, 3.05) is 31.1 Å². The predicted octanol–water partition coefficient (Wildman–Crippen LogP) is 1.45. The zero-order valence-corrected chi connectivity index (χ0v) is 16.5. The van der Waals surface area contributed by atoms with E-state index in [9.17, 15) is 9.59 Å². The highest BCUT2D eigenvalue weighted by Gasteiger charge is 2.45. The smallest absolute Gasteiger partial charge is 0.251 e. The molecule has 0 aliphatic carbocycles. The number of hydrogen-bond donors (Lipinski definition) is 0. The fraction of sp³-hybridized carbons (Fsp3) is 0.364. The second-order valence-corrected chi connectivity index (χ2v) is 8.34. The fourth-order valence-corrected chi connectivity index (χ4v) is 5.26. The molecule has 3 atom stereocenters. The Hall–Kier alpha value is -3.42. The van der Waals surface area contributed by atoms with Gasteiger partial charge in [-0.05, 0) is 24.6 Å². The third kappa shape index (κ3) is 2.59. The van der Waals surface area contributed by atoms with Crippen LogP contribution >= 0.6 is 0 Å². The lowest BCUT2D eigenvalue weighted by molar-refractivity contribution is -0.136. The minimum atomic E-state index is -0.468. The highest BCUT2D eigenvalue weighted by atomic mass is 16.2. The molecule has 0 N–H and O–H groups in total. The van der Waals surface area contributed by atoms with Gasteiger partial charge in [0.05, 0.1) is 0 Å². The normalized spacial score (nSPS) is 25.0. The minimum Gasteiger partial charge on any atom is -0.354 e. The quantitative estimate of drug-likeness (QED) is 0.607. The molecule has 0 saturated carbocycles. The summed E-state index contributed by atoms with van der Waals surface area (Å²) in [5, 5.41) is 4.71. The number of piperidine rings is 1. The first-order valence-electron chi connectivity index (χ1n) is 10.4. The molecule has 1 amide bonds. The van der Waals surface area contributed by atoms with E-state index in [1.165, 1.54) is 0 Å². The summed E-state index contributed by atoms with van der Waals surface area (Å²) < 4.78 is 3.54. The Morgan fingerprint density at radius 1 is 1.07 bits per heavy atom. The number of carbonyl (C=O) groups is 1. The molecule has 8 heteroatoms. The summed E-state index contributed by atoms with van der Waals surface area (Å²) in [7, 11) is 0. The maximum absolute atomic E-state index is 13.5. The molecule has 3 aliphatic heterocycles. The monoisotopic (exact) mass is 402 g/mol. The van der Waals surface area contributed by atoms with E-state index in [1.54, 1.807) is 21.3 Å². The van der Waals surface area contributed by atoms with Gasteiger partial charge in [0.2, 0.25) is 5.91 Å². The fourth-order valence-electron chi connectivity index (χ4n) is 5.26. The van der Waals surface area contributed by atoms with Crippen LogP contribution < -0.4 is 10.5 Å². The van der Waals surface area contributed by atoms with E-state index >= 15 is 0 Å². The van der Waals surface area contributed by atoms with Crippen LogP contribution in [-0.4, -0.2) is 56.2 Å². The first-order chi connectivity index (χ1) is 14.7. The molecule has 3 aliphatic rings. The molecule has 30 heavy (non-hydrogen) atoms. The first kappa shape index (κ1) is 17.4. The number of imidazole rings is 1. The molecule has 3 aromatic heterocycles. The van der Waals surface area contributed by atoms with Crippen LogP contribution in [0.2, 0.25) is 0 Å². The zero-order chi connectivity index (χ0) is 20.2. The molecule has 0 aromatic carbocycles. The third-order valence-corrected chi connectivity index (χ3v) is 6.60. The summed E-state index contributed by atoms with van der Waals surface area (Å²) in [5.41, 5.74) is 1.68. The molecular formula is C22H22N6O2. The number of nitrogens with zero attached hydrogens (tertiary/aromatic N) is 6. The molecule has 3 aromatic rings. The van der Waals surface area contributed by atoms with Crippen LogP contribution in [0.4, 0.5) is 5.82 Å². The van der Waals surface area contributed by atoms with E-state index in [1.807, 2.05) is 47.5 Å². The van der Waals surface area contributed by atoms with Crippen molar-refractivity contribution in [2.45, 2.75) is 18.4 Å². The number of hydrogen-bond acceptors (Lipinski definition) is 5. The molecule has 1 saturated heterocycles. The molecular weight excluding hydrogens is 380 g/mol. The summed E-state index contributed by atoms with van der Waals surface area (Å²) in [4.78, 5) is 34.7. The number of aromatic nitrogens is 4. The molecule has 0 spiro atoms. The van der Waals surface area contributed by atoms with Crippen LogP contribution in [0.1, 0.15) is 24.1 Å². The Morgan fingerprint density at radius 2 is 1.93 bits per heavy atom. The Kier molecular flexibility index (Phi) is 3.81. The Bertz CT molecular complexity index is 1220. The van der Waals surface area contributed by atoms with Gasteiger partial charge in [-0.3, -0.25) is 14.2 Å². The second-order valence-electron chi connectivity index (χ2n) is 8.34. The van der Waals surface area contributed by atoms with Crippen LogP contribution in [0.5, 0.6) is 0 Å². The van der Waals surface area contributed by atoms with Gasteiger partial charge in [0.25, 0.3) is 5.56 Å². The van der Waals surface area contributed by atoms with Gasteiger partial charge in [-0.15, -0.1) is 5.10 Å². The van der Waals surface area contributed by atoms with Crippen molar-refractivity contribution in [1.29, 1.82) is 0 Å². The van der Waals surface area contributed by atoms with Crippen LogP contribution in [0.25, 0.3) is 5.65 Å². The average molecular weight is 402 g/mol. The average Bonchev–Trinajstić information content (AvgIpc) is 3.45. The van der Waals surface area contributed by atoms with E-state index < -0.39 is 6.04 Å². The number of fused-ring (bicyclic) bond motifs is 5. The van der Waals surface area contributed by atoms with Gasteiger partial charge in [0.1, 0.15) is 11.9 Å². The summed E-state index contributed by atoms with van der Waals surface area (Å²) in [6.45, 7) is 2.71. The van der Waals surface area contributed by atoms with Crippen molar-refractivity contribution < 1.29 is 4.79 Å². The molecule has 152 valence electrons. The minimum absolute atomic E-state index is 0.0397. The topological polar surface area (TPSA) is 75.7 Å². The molecule has 0 unspecified atom stereocenters. The zero-order valence-electron chi connectivity index (χ0n) is 16.5. The van der Waals surface area contributed by atoms with E-state index in [4.69, 9.17) is 5.10 Å². The summed E-state index contributed by atoms with van der Waals surface area (Å²) in [5.74, 6) is 1.16. The van der Waals surface area contributed by atoms with Gasteiger partial charge in [-0.25, -0.2) is 9.50 Å². The van der Waals surface area contributed by atoms with Gasteiger partial charge in [-0.1, -0.05) is 18.2 Å². The molecule has 8 nitrogen and oxygen atoms in total. The van der Waals surface area contributed by atoms with E-state index in [-0.39, 0.29) is 23.3 Å². The van der Waals surface area contributed by atoms with Crippen LogP contribution in [0.15, 0.2) is 59.7 Å². The third-order valence-electron chi connectivity index (χ3n) is 6.60. The first-order valence-corrected chi connectivity index (χ1v) is 10.4. The van der Waals surface area contributed by atoms with Gasteiger partial charge in [0.15, 0.2) is 5.65 Å². The highest BCUT2D eigenvalue weighted by molar-refractivity contribution is 5.82. The van der Waals surface area contributed by atoms with Crippen molar-refractivity contribution in [3.63, 3.8) is 0 Å². The Morgan fingerprint density at radius 3 is 2.80 bits per heavy atom. The van der Waals surface area contributed by atoms with E-state index in [2.05, 4.69) is 9.88 Å². The maximum Gasteiger partial charge on any atom is 0.251 e. The van der Waals surface area contributed by atoms with Crippen LogP contribution in [0.3, 0.4) is 0 Å². The van der Waals surface area contributed by atoms with Gasteiger partial charge in [0, 0.05) is 62.2 Å². The predicted molar refractivity (Wildman–Crippen MR) is 112 cm³/mol. The number of pyridine rings is 1. The van der Waals surface area contributed by atoms with Crippen molar-refractivity contribution >= 4 is 17.4 Å². The highest BCUT2D eigenvalue weighted by Crippen LogP contribution is 2.42. The molecule has 6 heterocycles. The Labute approximate surface area is 173 Å². The molecule has 6 rings (SSSR count). The van der Waals surface area contributed by atoms with Crippen molar-refractivity contribution in [1.82, 2.24) is 24.1 Å². The van der Waals surface area contributed by atoms with E-state index in [0.29, 0.717) is 19.6 Å². The molecule has 2 bridgehead atoms. The second kappa shape index (κ2) is 6.55. The van der Waals surface area contributed by atoms with Gasteiger partial charge in [-0.2, -0.15) is 0 Å². The largest absolute Gasteiger partial charge is 0.354 e. The van der Waals surface area contributed by atoms with E-state index in [0.717, 1.165) is 30.1 Å². The Balaban J connectivity index is 1.41. The lowest BCUT2D eigenvalue weighted by Gasteiger charge is -2.47. The lowest BCUT2D eigenvalue weighted by Crippen LogP contribution is -2.54. The van der Waals surface area contributed by atoms with Gasteiger partial charge < -0.3 is 9.80 Å². The number of amides is 1. The number of anilines is 1. The summed E-state index contributed by atoms with van der Waals surface area (Å²) in [6.07, 6.45) is 8.50. The van der Waals surface area contributed by atoms with Crippen LogP contribution in [-0.2, 0) is 4.79 Å². The van der Waals surface area contributed by atoms with Crippen molar-refractivity contribution in [3.05, 3.63) is 70.9 Å². The molecule has 1 fully saturated rings. The maximum atomic E-state index is 13.5.